The maximum absolute atomic E-state index is 4.36. The van der Waals surface area contributed by atoms with Crippen LogP contribution >= 0.6 is 0 Å². The van der Waals surface area contributed by atoms with Crippen LogP contribution in [0.5, 0.6) is 0 Å². The number of fused-ring (bicyclic) bond motifs is 1. The van der Waals surface area contributed by atoms with Gasteiger partial charge in [-0.1, -0.05) is 19.8 Å². The first-order valence-electron chi connectivity index (χ1n) is 8.80. The van der Waals surface area contributed by atoms with Crippen molar-refractivity contribution in [2.24, 2.45) is 5.92 Å². The topological polar surface area (TPSA) is 28.2 Å². The SMILES string of the molecule is CCCNCc1cnccc1N1CCC[C@H]2CCCC[C@H]21. The minimum Gasteiger partial charge on any atom is -0.368 e. The van der Waals surface area contributed by atoms with Crippen molar-refractivity contribution in [3.63, 3.8) is 0 Å². The summed E-state index contributed by atoms with van der Waals surface area (Å²) in [4.78, 5) is 7.06. The predicted octanol–water partition coefficient (Wildman–Crippen LogP) is 3.74. The summed E-state index contributed by atoms with van der Waals surface area (Å²) in [6, 6.07) is 3.01. The van der Waals surface area contributed by atoms with Gasteiger partial charge in [0, 0.05) is 42.8 Å². The van der Waals surface area contributed by atoms with E-state index in [0.717, 1.165) is 25.0 Å². The van der Waals surface area contributed by atoms with Gasteiger partial charge in [-0.15, -0.1) is 0 Å². The molecule has 2 heterocycles. The molecule has 1 aromatic rings. The van der Waals surface area contributed by atoms with Gasteiger partial charge < -0.3 is 10.2 Å². The fourth-order valence-corrected chi connectivity index (χ4v) is 4.16. The molecule has 1 aromatic heterocycles. The number of anilines is 1. The highest BCUT2D eigenvalue weighted by atomic mass is 15.2. The summed E-state index contributed by atoms with van der Waals surface area (Å²) in [6.07, 6.45) is 13.7. The van der Waals surface area contributed by atoms with Gasteiger partial charge in [0.05, 0.1) is 0 Å². The Labute approximate surface area is 129 Å². The third-order valence-electron chi connectivity index (χ3n) is 5.17. The van der Waals surface area contributed by atoms with Gasteiger partial charge in [0.15, 0.2) is 0 Å². The van der Waals surface area contributed by atoms with Crippen molar-refractivity contribution in [2.45, 2.75) is 64.5 Å². The molecule has 3 nitrogen and oxygen atoms in total. The van der Waals surface area contributed by atoms with Crippen LogP contribution in [-0.4, -0.2) is 24.1 Å². The lowest BCUT2D eigenvalue weighted by Gasteiger charge is -2.46. The lowest BCUT2D eigenvalue weighted by atomic mass is 9.78. The van der Waals surface area contributed by atoms with E-state index in [1.165, 1.54) is 62.7 Å². The van der Waals surface area contributed by atoms with Crippen LogP contribution in [0.3, 0.4) is 0 Å². The van der Waals surface area contributed by atoms with E-state index in [9.17, 15) is 0 Å². The van der Waals surface area contributed by atoms with Gasteiger partial charge >= 0.3 is 0 Å². The van der Waals surface area contributed by atoms with Crippen LogP contribution in [0.1, 0.15) is 57.4 Å². The number of nitrogens with zero attached hydrogens (tertiary/aromatic N) is 2. The van der Waals surface area contributed by atoms with Crippen LogP contribution < -0.4 is 10.2 Å². The molecule has 0 radical (unpaired) electrons. The van der Waals surface area contributed by atoms with Crippen LogP contribution in [0.15, 0.2) is 18.5 Å². The highest BCUT2D eigenvalue weighted by Crippen LogP contribution is 2.38. The molecule has 1 aliphatic carbocycles. The number of rotatable bonds is 5. The summed E-state index contributed by atoms with van der Waals surface area (Å²) < 4.78 is 0. The van der Waals surface area contributed by atoms with Crippen molar-refractivity contribution in [1.82, 2.24) is 10.3 Å². The third-order valence-corrected chi connectivity index (χ3v) is 5.17. The maximum atomic E-state index is 4.36. The van der Waals surface area contributed by atoms with Gasteiger partial charge in [0.1, 0.15) is 0 Å². The lowest BCUT2D eigenvalue weighted by Crippen LogP contribution is -2.47. The Morgan fingerprint density at radius 1 is 1.24 bits per heavy atom. The summed E-state index contributed by atoms with van der Waals surface area (Å²) in [6.45, 7) is 5.48. The first kappa shape index (κ1) is 14.8. The second-order valence-electron chi connectivity index (χ2n) is 6.63. The first-order valence-corrected chi connectivity index (χ1v) is 8.80. The van der Waals surface area contributed by atoms with Gasteiger partial charge in [0.25, 0.3) is 0 Å². The average molecular weight is 287 g/mol. The molecule has 0 unspecified atom stereocenters. The quantitative estimate of drug-likeness (QED) is 0.836. The summed E-state index contributed by atoms with van der Waals surface area (Å²) in [5, 5.41) is 3.54. The molecule has 0 amide bonds. The fraction of sp³-hybridized carbons (Fsp3) is 0.722. The number of aromatic nitrogens is 1. The number of hydrogen-bond donors (Lipinski definition) is 1. The van der Waals surface area contributed by atoms with Gasteiger partial charge in [0.2, 0.25) is 0 Å². The second-order valence-corrected chi connectivity index (χ2v) is 6.63. The highest BCUT2D eigenvalue weighted by molar-refractivity contribution is 5.53. The largest absolute Gasteiger partial charge is 0.368 e. The molecule has 2 aliphatic rings. The van der Waals surface area contributed by atoms with Crippen molar-refractivity contribution in [2.75, 3.05) is 18.0 Å². The Kier molecular flexibility index (Phi) is 5.13. The molecule has 0 spiro atoms. The molecular formula is C18H29N3. The maximum Gasteiger partial charge on any atom is 0.0445 e. The highest BCUT2D eigenvalue weighted by Gasteiger charge is 2.33. The van der Waals surface area contributed by atoms with Crippen molar-refractivity contribution in [3.05, 3.63) is 24.0 Å². The number of piperidine rings is 1. The minimum absolute atomic E-state index is 0.778. The van der Waals surface area contributed by atoms with Gasteiger partial charge in [-0.05, 0) is 50.6 Å². The molecule has 1 aliphatic heterocycles. The zero-order chi connectivity index (χ0) is 14.5. The summed E-state index contributed by atoms with van der Waals surface area (Å²) in [5.41, 5.74) is 2.81. The zero-order valence-corrected chi connectivity index (χ0v) is 13.4. The molecule has 1 saturated heterocycles. The molecule has 2 atom stereocenters. The van der Waals surface area contributed by atoms with Crippen molar-refractivity contribution >= 4 is 5.69 Å². The van der Waals surface area contributed by atoms with E-state index in [-0.39, 0.29) is 0 Å². The molecule has 1 saturated carbocycles. The number of nitrogens with one attached hydrogen (secondary N) is 1. The van der Waals surface area contributed by atoms with Gasteiger partial charge in [-0.2, -0.15) is 0 Å². The summed E-state index contributed by atoms with van der Waals surface area (Å²) in [7, 11) is 0. The normalized spacial score (nSPS) is 25.7. The Bertz CT molecular complexity index is 444. The van der Waals surface area contributed by atoms with Crippen molar-refractivity contribution in [3.8, 4) is 0 Å². The van der Waals surface area contributed by atoms with Gasteiger partial charge in [-0.25, -0.2) is 0 Å². The molecule has 0 aromatic carbocycles. The Hall–Kier alpha value is -1.09. The smallest absolute Gasteiger partial charge is 0.0445 e. The van der Waals surface area contributed by atoms with Crippen LogP contribution in [0.4, 0.5) is 5.69 Å². The molecule has 2 fully saturated rings. The third kappa shape index (κ3) is 3.39. The van der Waals surface area contributed by atoms with E-state index in [2.05, 4.69) is 34.4 Å². The van der Waals surface area contributed by atoms with E-state index in [0.29, 0.717) is 0 Å². The minimum atomic E-state index is 0.778. The first-order chi connectivity index (χ1) is 10.4. The second kappa shape index (κ2) is 7.26. The molecule has 0 bridgehead atoms. The fourth-order valence-electron chi connectivity index (χ4n) is 4.16. The molecule has 116 valence electrons. The Balaban J connectivity index is 1.78. The monoisotopic (exact) mass is 287 g/mol. The molecule has 1 N–H and O–H groups in total. The van der Waals surface area contributed by atoms with E-state index < -0.39 is 0 Å². The lowest BCUT2D eigenvalue weighted by molar-refractivity contribution is 0.243. The Morgan fingerprint density at radius 2 is 2.10 bits per heavy atom. The van der Waals surface area contributed by atoms with Crippen LogP contribution in [0.25, 0.3) is 0 Å². The molecular weight excluding hydrogens is 258 g/mol. The summed E-state index contributed by atoms with van der Waals surface area (Å²) in [5.74, 6) is 0.928. The standard InChI is InChI=1S/C18H29N3/c1-2-10-19-13-16-14-20-11-9-18(16)21-12-5-7-15-6-3-4-8-17(15)21/h9,11,14-15,17,19H,2-8,10,12-13H2,1H3/t15-,17-/m1/s1. The van der Waals surface area contributed by atoms with Crippen LogP contribution in [-0.2, 0) is 6.54 Å². The Morgan fingerprint density at radius 3 is 3.00 bits per heavy atom. The van der Waals surface area contributed by atoms with E-state index in [1.807, 2.05) is 6.20 Å². The molecule has 21 heavy (non-hydrogen) atoms. The van der Waals surface area contributed by atoms with Crippen LogP contribution in [0, 0.1) is 5.92 Å². The van der Waals surface area contributed by atoms with Crippen molar-refractivity contribution in [1.29, 1.82) is 0 Å². The zero-order valence-electron chi connectivity index (χ0n) is 13.4. The van der Waals surface area contributed by atoms with E-state index in [4.69, 9.17) is 0 Å². The molecule has 3 rings (SSSR count). The number of pyridine rings is 1. The summed E-state index contributed by atoms with van der Waals surface area (Å²) >= 11 is 0. The number of hydrogen-bond acceptors (Lipinski definition) is 3. The van der Waals surface area contributed by atoms with E-state index >= 15 is 0 Å². The van der Waals surface area contributed by atoms with E-state index in [1.54, 1.807) is 0 Å². The van der Waals surface area contributed by atoms with Crippen LogP contribution in [0.2, 0.25) is 0 Å². The van der Waals surface area contributed by atoms with Gasteiger partial charge in [-0.3, -0.25) is 4.98 Å². The molecule has 3 heteroatoms. The predicted molar refractivity (Wildman–Crippen MR) is 88.6 cm³/mol. The average Bonchev–Trinajstić information content (AvgIpc) is 2.55. The van der Waals surface area contributed by atoms with Crippen molar-refractivity contribution < 1.29 is 0 Å².